The number of benzene rings is 1. The molecule has 0 spiro atoms. The molecule has 1 heterocycles. The highest BCUT2D eigenvalue weighted by atomic mass is 32.1. The summed E-state index contributed by atoms with van der Waals surface area (Å²) in [6.07, 6.45) is -0.0301. The van der Waals surface area contributed by atoms with E-state index in [4.69, 9.17) is 9.84 Å². The molecule has 0 radical (unpaired) electrons. The van der Waals surface area contributed by atoms with Crippen LogP contribution in [0.5, 0.6) is 5.75 Å². The second kappa shape index (κ2) is 8.49. The summed E-state index contributed by atoms with van der Waals surface area (Å²) < 4.78 is 5.47. The number of amides is 1. The van der Waals surface area contributed by atoms with Crippen LogP contribution in [0.2, 0.25) is 0 Å². The predicted molar refractivity (Wildman–Crippen MR) is 93.3 cm³/mol. The van der Waals surface area contributed by atoms with Crippen LogP contribution < -0.4 is 10.1 Å². The van der Waals surface area contributed by atoms with Crippen LogP contribution in [-0.2, 0) is 16.0 Å². The van der Waals surface area contributed by atoms with Gasteiger partial charge < -0.3 is 15.2 Å². The van der Waals surface area contributed by atoms with Gasteiger partial charge in [0.15, 0.2) is 6.61 Å². The molecule has 1 amide bonds. The van der Waals surface area contributed by atoms with E-state index in [1.54, 1.807) is 35.6 Å². The summed E-state index contributed by atoms with van der Waals surface area (Å²) in [5.74, 6) is -0.243. The van der Waals surface area contributed by atoms with Crippen molar-refractivity contribution in [2.75, 3.05) is 6.61 Å². The second-order valence-electron chi connectivity index (χ2n) is 5.81. The first kappa shape index (κ1) is 18.0. The van der Waals surface area contributed by atoms with Crippen LogP contribution in [0.4, 0.5) is 0 Å². The lowest BCUT2D eigenvalue weighted by Crippen LogP contribution is -2.34. The molecular formula is C18H21NO4S. The molecule has 1 unspecified atom stereocenters. The fourth-order valence-electron chi connectivity index (χ4n) is 2.28. The number of thiophene rings is 1. The Bertz CT molecular complexity index is 665. The molecule has 0 aliphatic heterocycles. The third-order valence-electron chi connectivity index (χ3n) is 3.48. The number of nitrogens with one attached hydrogen (secondary N) is 1. The number of ether oxygens (including phenoxy) is 1. The molecule has 1 aromatic heterocycles. The average molecular weight is 347 g/mol. The Morgan fingerprint density at radius 2 is 1.92 bits per heavy atom. The van der Waals surface area contributed by atoms with E-state index in [1.807, 2.05) is 17.5 Å². The Morgan fingerprint density at radius 3 is 2.46 bits per heavy atom. The fourth-order valence-corrected chi connectivity index (χ4v) is 3.23. The van der Waals surface area contributed by atoms with Gasteiger partial charge in [-0.25, -0.2) is 0 Å². The zero-order valence-corrected chi connectivity index (χ0v) is 14.5. The van der Waals surface area contributed by atoms with Gasteiger partial charge in [-0.05, 0) is 35.1 Å². The van der Waals surface area contributed by atoms with Crippen LogP contribution in [-0.4, -0.2) is 23.6 Å². The number of rotatable bonds is 8. The van der Waals surface area contributed by atoms with Crippen LogP contribution in [0.1, 0.15) is 30.3 Å². The molecule has 0 bridgehead atoms. The average Bonchev–Trinajstić information content (AvgIpc) is 3.05. The van der Waals surface area contributed by atoms with Gasteiger partial charge in [0.2, 0.25) is 0 Å². The van der Waals surface area contributed by atoms with Crippen molar-refractivity contribution in [2.45, 2.75) is 26.3 Å². The molecule has 24 heavy (non-hydrogen) atoms. The Labute approximate surface area is 145 Å². The second-order valence-corrected chi connectivity index (χ2v) is 6.79. The summed E-state index contributed by atoms with van der Waals surface area (Å²) in [7, 11) is 0. The van der Waals surface area contributed by atoms with E-state index in [-0.39, 0.29) is 30.9 Å². The summed E-state index contributed by atoms with van der Waals surface area (Å²) >= 11 is 1.62. The summed E-state index contributed by atoms with van der Waals surface area (Å²) in [5.41, 5.74) is 0.692. The predicted octanol–water partition coefficient (Wildman–Crippen LogP) is 3.27. The summed E-state index contributed by atoms with van der Waals surface area (Å²) in [6.45, 7) is 4.05. The minimum atomic E-state index is -0.878. The van der Waals surface area contributed by atoms with Crippen LogP contribution in [0.15, 0.2) is 41.8 Å². The third-order valence-corrected chi connectivity index (χ3v) is 4.44. The standard InChI is InChI=1S/C18H21NO4S/c1-12(2)18(15-4-3-9-24-15)19-16(20)11-23-14-7-5-13(6-8-14)10-17(21)22/h3-9,12,18H,10-11H2,1-2H3,(H,19,20)(H,21,22). The zero-order chi connectivity index (χ0) is 17.5. The number of aliphatic carboxylic acids is 1. The molecule has 1 atom stereocenters. The van der Waals surface area contributed by atoms with Gasteiger partial charge in [-0.2, -0.15) is 0 Å². The van der Waals surface area contributed by atoms with E-state index < -0.39 is 5.97 Å². The van der Waals surface area contributed by atoms with Gasteiger partial charge in [0.1, 0.15) is 5.75 Å². The lowest BCUT2D eigenvalue weighted by atomic mass is 10.0. The highest BCUT2D eigenvalue weighted by Crippen LogP contribution is 2.25. The van der Waals surface area contributed by atoms with E-state index in [9.17, 15) is 9.59 Å². The van der Waals surface area contributed by atoms with Gasteiger partial charge in [-0.15, -0.1) is 11.3 Å². The Balaban J connectivity index is 1.87. The molecular weight excluding hydrogens is 326 g/mol. The first-order valence-corrected chi connectivity index (χ1v) is 8.60. The zero-order valence-electron chi connectivity index (χ0n) is 13.7. The normalized spacial score (nSPS) is 12.0. The monoisotopic (exact) mass is 347 g/mol. The molecule has 0 saturated carbocycles. The van der Waals surface area contributed by atoms with E-state index in [1.165, 1.54) is 0 Å². The van der Waals surface area contributed by atoms with Crippen molar-refractivity contribution >= 4 is 23.2 Å². The summed E-state index contributed by atoms with van der Waals surface area (Å²) in [5, 5.41) is 13.7. The number of carbonyl (C=O) groups is 2. The number of hydrogen-bond donors (Lipinski definition) is 2. The molecule has 0 fully saturated rings. The summed E-state index contributed by atoms with van der Waals surface area (Å²) in [4.78, 5) is 23.9. The minimum absolute atomic E-state index is 0.0287. The van der Waals surface area contributed by atoms with Gasteiger partial charge in [-0.3, -0.25) is 9.59 Å². The van der Waals surface area contributed by atoms with E-state index in [0.29, 0.717) is 11.3 Å². The quantitative estimate of drug-likeness (QED) is 0.768. The molecule has 5 nitrogen and oxygen atoms in total. The molecule has 0 saturated heterocycles. The Hall–Kier alpha value is -2.34. The van der Waals surface area contributed by atoms with E-state index in [2.05, 4.69) is 19.2 Å². The van der Waals surface area contributed by atoms with Gasteiger partial charge >= 0.3 is 5.97 Å². The molecule has 6 heteroatoms. The maximum absolute atomic E-state index is 12.1. The lowest BCUT2D eigenvalue weighted by Gasteiger charge is -2.21. The molecule has 0 aliphatic carbocycles. The van der Waals surface area contributed by atoms with Gasteiger partial charge in [0.05, 0.1) is 12.5 Å². The van der Waals surface area contributed by atoms with Crippen LogP contribution >= 0.6 is 11.3 Å². The molecule has 1 aromatic carbocycles. The van der Waals surface area contributed by atoms with Gasteiger partial charge in [0.25, 0.3) is 5.91 Å². The van der Waals surface area contributed by atoms with Gasteiger partial charge in [-0.1, -0.05) is 32.0 Å². The van der Waals surface area contributed by atoms with Gasteiger partial charge in [0, 0.05) is 4.88 Å². The topological polar surface area (TPSA) is 75.6 Å². The third kappa shape index (κ3) is 5.38. The molecule has 2 rings (SSSR count). The van der Waals surface area contributed by atoms with Crippen molar-refractivity contribution in [1.29, 1.82) is 0 Å². The Morgan fingerprint density at radius 1 is 1.21 bits per heavy atom. The first-order chi connectivity index (χ1) is 11.5. The van der Waals surface area contributed by atoms with Crippen molar-refractivity contribution in [3.8, 4) is 5.75 Å². The van der Waals surface area contributed by atoms with Crippen molar-refractivity contribution in [3.05, 3.63) is 52.2 Å². The lowest BCUT2D eigenvalue weighted by molar-refractivity contribution is -0.136. The van der Waals surface area contributed by atoms with Crippen LogP contribution in [0.3, 0.4) is 0 Å². The number of hydrogen-bond acceptors (Lipinski definition) is 4. The molecule has 2 aromatic rings. The maximum Gasteiger partial charge on any atom is 0.307 e. The highest BCUT2D eigenvalue weighted by Gasteiger charge is 2.19. The van der Waals surface area contributed by atoms with Crippen molar-refractivity contribution in [3.63, 3.8) is 0 Å². The van der Waals surface area contributed by atoms with Crippen molar-refractivity contribution in [2.24, 2.45) is 5.92 Å². The largest absolute Gasteiger partial charge is 0.484 e. The number of carboxylic acid groups (broad SMARTS) is 1. The summed E-state index contributed by atoms with van der Waals surface area (Å²) in [6, 6.07) is 10.7. The molecule has 128 valence electrons. The van der Waals surface area contributed by atoms with E-state index in [0.717, 1.165) is 4.88 Å². The fraction of sp³-hybridized carbons (Fsp3) is 0.333. The number of carbonyl (C=O) groups excluding carboxylic acids is 1. The minimum Gasteiger partial charge on any atom is -0.484 e. The van der Waals surface area contributed by atoms with Crippen LogP contribution in [0, 0.1) is 5.92 Å². The number of carboxylic acids is 1. The maximum atomic E-state index is 12.1. The SMILES string of the molecule is CC(C)C(NC(=O)COc1ccc(CC(=O)O)cc1)c1cccs1. The van der Waals surface area contributed by atoms with Crippen molar-refractivity contribution < 1.29 is 19.4 Å². The smallest absolute Gasteiger partial charge is 0.307 e. The molecule has 2 N–H and O–H groups in total. The first-order valence-electron chi connectivity index (χ1n) is 7.72. The highest BCUT2D eigenvalue weighted by molar-refractivity contribution is 7.10. The molecule has 0 aliphatic rings. The van der Waals surface area contributed by atoms with E-state index >= 15 is 0 Å². The van der Waals surface area contributed by atoms with Crippen molar-refractivity contribution in [1.82, 2.24) is 5.32 Å². The Kier molecular flexibility index (Phi) is 6.37. The van der Waals surface area contributed by atoms with Crippen LogP contribution in [0.25, 0.3) is 0 Å².